The average molecular weight is 455 g/mol. The van der Waals surface area contributed by atoms with Gasteiger partial charge in [-0.3, -0.25) is 14.6 Å². The first kappa shape index (κ1) is 24.2. The maximum absolute atomic E-state index is 13.2. The van der Waals surface area contributed by atoms with Crippen molar-refractivity contribution in [2.75, 3.05) is 33.3 Å². The molecular formula is C24H30N4O5. The Balaban J connectivity index is 2.16. The van der Waals surface area contributed by atoms with Gasteiger partial charge in [0.05, 0.1) is 18.7 Å². The van der Waals surface area contributed by atoms with Gasteiger partial charge in [-0.25, -0.2) is 4.79 Å². The Labute approximate surface area is 193 Å². The van der Waals surface area contributed by atoms with Crippen molar-refractivity contribution in [3.63, 3.8) is 0 Å². The SMILES string of the molecule is CCN(CC)CCN1C(=O)C(=O)C(=C(O)c2c(C)[nH]c(C(=O)OC)c2C)[C@@H]1c1ccncc1. The first-order chi connectivity index (χ1) is 15.8. The molecule has 2 aromatic rings. The number of likely N-dealkylation sites (N-methyl/N-ethyl adjacent to an activating group) is 1. The number of Topliss-reactive ketones (excluding diaryl/α,β-unsaturated/α-hetero) is 1. The third-order valence-electron chi connectivity index (χ3n) is 6.18. The monoisotopic (exact) mass is 454 g/mol. The molecule has 0 spiro atoms. The minimum absolute atomic E-state index is 0.00707. The van der Waals surface area contributed by atoms with E-state index in [4.69, 9.17) is 4.74 Å². The number of esters is 1. The number of hydrogen-bond acceptors (Lipinski definition) is 7. The summed E-state index contributed by atoms with van der Waals surface area (Å²) in [5, 5.41) is 11.3. The van der Waals surface area contributed by atoms with Gasteiger partial charge in [-0.1, -0.05) is 13.8 Å². The van der Waals surface area contributed by atoms with Crippen LogP contribution in [0.15, 0.2) is 30.1 Å². The molecule has 1 atom stereocenters. The summed E-state index contributed by atoms with van der Waals surface area (Å²) in [7, 11) is 1.27. The van der Waals surface area contributed by atoms with Gasteiger partial charge in [-0.05, 0) is 50.2 Å². The number of aliphatic hydroxyl groups is 1. The zero-order valence-electron chi connectivity index (χ0n) is 19.6. The molecule has 0 bridgehead atoms. The van der Waals surface area contributed by atoms with Crippen LogP contribution >= 0.6 is 0 Å². The van der Waals surface area contributed by atoms with Crippen LogP contribution in [0.5, 0.6) is 0 Å². The van der Waals surface area contributed by atoms with E-state index in [-0.39, 0.29) is 17.0 Å². The molecule has 9 nitrogen and oxygen atoms in total. The molecule has 0 radical (unpaired) electrons. The van der Waals surface area contributed by atoms with Crippen LogP contribution in [-0.4, -0.2) is 75.8 Å². The van der Waals surface area contributed by atoms with Gasteiger partial charge < -0.3 is 24.6 Å². The van der Waals surface area contributed by atoms with Gasteiger partial charge in [-0.15, -0.1) is 0 Å². The lowest BCUT2D eigenvalue weighted by Gasteiger charge is -2.28. The highest BCUT2D eigenvalue weighted by atomic mass is 16.5. The summed E-state index contributed by atoms with van der Waals surface area (Å²) in [6.07, 6.45) is 3.17. The van der Waals surface area contributed by atoms with E-state index in [1.807, 2.05) is 13.8 Å². The summed E-state index contributed by atoms with van der Waals surface area (Å²) in [6, 6.07) is 2.69. The summed E-state index contributed by atoms with van der Waals surface area (Å²) >= 11 is 0. The first-order valence-corrected chi connectivity index (χ1v) is 10.9. The number of hydrogen-bond donors (Lipinski definition) is 2. The van der Waals surface area contributed by atoms with Crippen LogP contribution in [0.3, 0.4) is 0 Å². The fourth-order valence-corrected chi connectivity index (χ4v) is 4.34. The zero-order valence-corrected chi connectivity index (χ0v) is 19.6. The topological polar surface area (TPSA) is 116 Å². The largest absolute Gasteiger partial charge is 0.507 e. The average Bonchev–Trinajstić information content (AvgIpc) is 3.26. The number of ether oxygens (including phenoxy) is 1. The fourth-order valence-electron chi connectivity index (χ4n) is 4.34. The molecule has 176 valence electrons. The van der Waals surface area contributed by atoms with Crippen LogP contribution in [0.4, 0.5) is 0 Å². The van der Waals surface area contributed by atoms with E-state index in [2.05, 4.69) is 14.9 Å². The lowest BCUT2D eigenvalue weighted by Crippen LogP contribution is -2.38. The van der Waals surface area contributed by atoms with Crippen LogP contribution in [0.1, 0.15) is 52.8 Å². The molecule has 1 amide bonds. The lowest BCUT2D eigenvalue weighted by atomic mass is 9.94. The van der Waals surface area contributed by atoms with Crippen molar-refractivity contribution in [3.05, 3.63) is 58.2 Å². The van der Waals surface area contributed by atoms with Crippen molar-refractivity contribution in [2.24, 2.45) is 0 Å². The van der Waals surface area contributed by atoms with Crippen molar-refractivity contribution in [3.8, 4) is 0 Å². The highest BCUT2D eigenvalue weighted by molar-refractivity contribution is 6.46. The second-order valence-corrected chi connectivity index (χ2v) is 7.92. The smallest absolute Gasteiger partial charge is 0.354 e. The third-order valence-corrected chi connectivity index (χ3v) is 6.18. The Hall–Kier alpha value is -3.46. The van der Waals surface area contributed by atoms with Gasteiger partial charge >= 0.3 is 5.97 Å². The Kier molecular flexibility index (Phi) is 7.33. The van der Waals surface area contributed by atoms with E-state index in [1.54, 1.807) is 38.4 Å². The second-order valence-electron chi connectivity index (χ2n) is 7.92. The van der Waals surface area contributed by atoms with E-state index in [0.717, 1.165) is 13.1 Å². The van der Waals surface area contributed by atoms with Crippen LogP contribution in [0, 0.1) is 13.8 Å². The van der Waals surface area contributed by atoms with E-state index in [1.165, 1.54) is 12.0 Å². The number of methoxy groups -OCH3 is 1. The minimum Gasteiger partial charge on any atom is -0.507 e. The van der Waals surface area contributed by atoms with Crippen molar-refractivity contribution in [1.29, 1.82) is 0 Å². The molecule has 1 saturated heterocycles. The second kappa shape index (κ2) is 9.99. The molecule has 0 aromatic carbocycles. The number of ketones is 1. The molecule has 1 aliphatic rings. The van der Waals surface area contributed by atoms with Gasteiger partial charge in [0.2, 0.25) is 0 Å². The van der Waals surface area contributed by atoms with Crippen LogP contribution in [0.2, 0.25) is 0 Å². The van der Waals surface area contributed by atoms with Gasteiger partial charge in [0, 0.05) is 36.7 Å². The number of rotatable bonds is 8. The Bertz CT molecular complexity index is 1090. The van der Waals surface area contributed by atoms with Crippen LogP contribution < -0.4 is 0 Å². The van der Waals surface area contributed by atoms with E-state index >= 15 is 0 Å². The van der Waals surface area contributed by atoms with E-state index in [0.29, 0.717) is 35.5 Å². The maximum Gasteiger partial charge on any atom is 0.354 e. The summed E-state index contributed by atoms with van der Waals surface area (Å²) in [6.45, 7) is 9.97. The van der Waals surface area contributed by atoms with Crippen molar-refractivity contribution in [2.45, 2.75) is 33.7 Å². The standard InChI is InChI=1S/C24H30N4O5/c1-6-27(7-2)12-13-28-20(16-8-10-25-11-9-16)18(22(30)23(28)31)21(29)17-14(3)19(24(32)33-5)26-15(17)4/h8-11,20,26,29H,6-7,12-13H2,1-5H3/t20-/m0/s1. The molecule has 2 aromatic heterocycles. The lowest BCUT2D eigenvalue weighted by molar-refractivity contribution is -0.140. The summed E-state index contributed by atoms with van der Waals surface area (Å²) in [5.41, 5.74) is 2.11. The zero-order chi connectivity index (χ0) is 24.3. The number of likely N-dealkylation sites (tertiary alicyclic amines) is 1. The van der Waals surface area contributed by atoms with E-state index < -0.39 is 23.7 Å². The molecule has 33 heavy (non-hydrogen) atoms. The van der Waals surface area contributed by atoms with Crippen LogP contribution in [0.25, 0.3) is 5.76 Å². The number of pyridine rings is 1. The van der Waals surface area contributed by atoms with Crippen molar-refractivity contribution in [1.82, 2.24) is 19.8 Å². The van der Waals surface area contributed by atoms with Gasteiger partial charge in [0.25, 0.3) is 11.7 Å². The predicted octanol–water partition coefficient (Wildman–Crippen LogP) is 2.58. The first-order valence-electron chi connectivity index (χ1n) is 10.9. The van der Waals surface area contributed by atoms with Crippen molar-refractivity contribution < 1.29 is 24.2 Å². The minimum atomic E-state index is -0.765. The number of carbonyl (C=O) groups is 3. The van der Waals surface area contributed by atoms with E-state index in [9.17, 15) is 19.5 Å². The Morgan fingerprint density at radius 2 is 1.85 bits per heavy atom. The van der Waals surface area contributed by atoms with Gasteiger partial charge in [-0.2, -0.15) is 0 Å². The number of amides is 1. The normalized spacial score (nSPS) is 17.8. The molecule has 1 fully saturated rings. The number of carbonyl (C=O) groups excluding carboxylic acids is 3. The number of aryl methyl sites for hydroxylation is 1. The molecule has 0 unspecified atom stereocenters. The molecule has 1 aliphatic heterocycles. The summed E-state index contributed by atoms with van der Waals surface area (Å²) in [5.74, 6) is -2.32. The molecule has 2 N–H and O–H groups in total. The van der Waals surface area contributed by atoms with Crippen LogP contribution in [-0.2, 0) is 14.3 Å². The number of aromatic amines is 1. The highest BCUT2D eigenvalue weighted by Crippen LogP contribution is 2.40. The quantitative estimate of drug-likeness (QED) is 0.273. The molecule has 0 saturated carbocycles. The summed E-state index contributed by atoms with van der Waals surface area (Å²) < 4.78 is 4.80. The number of H-pyrrole nitrogens is 1. The fraction of sp³-hybridized carbons (Fsp3) is 0.417. The molecule has 3 rings (SSSR count). The number of aromatic nitrogens is 2. The molecule has 9 heteroatoms. The maximum atomic E-state index is 13.2. The summed E-state index contributed by atoms with van der Waals surface area (Å²) in [4.78, 5) is 49.0. The molecule has 0 aliphatic carbocycles. The number of aliphatic hydroxyl groups excluding tert-OH is 1. The van der Waals surface area contributed by atoms with Gasteiger partial charge in [0.1, 0.15) is 11.5 Å². The third kappa shape index (κ3) is 4.41. The van der Waals surface area contributed by atoms with Gasteiger partial charge in [0.15, 0.2) is 0 Å². The number of nitrogens with one attached hydrogen (secondary N) is 1. The molecule has 3 heterocycles. The highest BCUT2D eigenvalue weighted by Gasteiger charge is 2.46. The number of nitrogens with zero attached hydrogens (tertiary/aromatic N) is 3. The molecular weight excluding hydrogens is 424 g/mol. The Morgan fingerprint density at radius 3 is 2.42 bits per heavy atom. The predicted molar refractivity (Wildman–Crippen MR) is 123 cm³/mol. The van der Waals surface area contributed by atoms with Crippen molar-refractivity contribution >= 4 is 23.4 Å². The Morgan fingerprint density at radius 1 is 1.21 bits per heavy atom.